The number of carbonyl (C=O) groups is 1. The molecule has 20 heavy (non-hydrogen) atoms. The molecular formula is C15H25N3O2. The number of hydrogen-bond acceptors (Lipinski definition) is 3. The number of aromatic nitrogens is 2. The monoisotopic (exact) mass is 279 g/mol. The van der Waals surface area contributed by atoms with Crippen molar-refractivity contribution in [3.05, 3.63) is 17.0 Å². The summed E-state index contributed by atoms with van der Waals surface area (Å²) in [6.45, 7) is 5.96. The molecule has 0 bridgehead atoms. The molecule has 1 aliphatic carbocycles. The summed E-state index contributed by atoms with van der Waals surface area (Å²) in [6, 6.07) is 0. The first-order valence-electron chi connectivity index (χ1n) is 7.41. The van der Waals surface area contributed by atoms with E-state index in [-0.39, 0.29) is 5.92 Å². The van der Waals surface area contributed by atoms with E-state index < -0.39 is 5.97 Å². The summed E-state index contributed by atoms with van der Waals surface area (Å²) in [6.07, 6.45) is 3.70. The molecule has 2 N–H and O–H groups in total. The maximum atomic E-state index is 10.9. The van der Waals surface area contributed by atoms with E-state index in [0.29, 0.717) is 5.92 Å². The van der Waals surface area contributed by atoms with Crippen LogP contribution in [0.1, 0.15) is 42.6 Å². The molecule has 1 heterocycles. The molecule has 0 atom stereocenters. The van der Waals surface area contributed by atoms with Crippen molar-refractivity contribution in [1.29, 1.82) is 0 Å². The molecule has 1 fully saturated rings. The van der Waals surface area contributed by atoms with Gasteiger partial charge in [0.25, 0.3) is 0 Å². The fraction of sp³-hybridized carbons (Fsp3) is 0.733. The Balaban J connectivity index is 1.76. The number of nitrogens with zero attached hydrogens (tertiary/aromatic N) is 2. The van der Waals surface area contributed by atoms with E-state index >= 15 is 0 Å². The highest BCUT2D eigenvalue weighted by Crippen LogP contribution is 2.28. The SMILES string of the molecule is Cc1nn(C)c(C)c1CNCC1CCC(C(=O)O)CC1. The van der Waals surface area contributed by atoms with Crippen molar-refractivity contribution >= 4 is 5.97 Å². The first kappa shape index (κ1) is 15.0. The van der Waals surface area contributed by atoms with Crippen LogP contribution in [0.5, 0.6) is 0 Å². The highest BCUT2D eigenvalue weighted by Gasteiger charge is 2.25. The van der Waals surface area contributed by atoms with Crippen LogP contribution in [0.2, 0.25) is 0 Å². The summed E-state index contributed by atoms with van der Waals surface area (Å²) in [4.78, 5) is 10.9. The summed E-state index contributed by atoms with van der Waals surface area (Å²) in [5, 5.41) is 16.9. The van der Waals surface area contributed by atoms with Crippen LogP contribution >= 0.6 is 0 Å². The molecule has 0 saturated heterocycles. The van der Waals surface area contributed by atoms with Gasteiger partial charge in [0.05, 0.1) is 11.6 Å². The molecule has 1 saturated carbocycles. The Kier molecular flexibility index (Phi) is 4.81. The number of rotatable bonds is 5. The van der Waals surface area contributed by atoms with Gasteiger partial charge in [-0.15, -0.1) is 0 Å². The minimum atomic E-state index is -0.627. The zero-order valence-electron chi connectivity index (χ0n) is 12.6. The van der Waals surface area contributed by atoms with E-state index in [1.165, 1.54) is 11.3 Å². The molecule has 5 nitrogen and oxygen atoms in total. The number of carboxylic acids is 1. The Bertz CT molecular complexity index is 474. The number of aliphatic carboxylic acids is 1. The topological polar surface area (TPSA) is 67.2 Å². The molecular weight excluding hydrogens is 254 g/mol. The molecule has 0 aromatic carbocycles. The highest BCUT2D eigenvalue weighted by molar-refractivity contribution is 5.69. The van der Waals surface area contributed by atoms with E-state index in [2.05, 4.69) is 17.3 Å². The van der Waals surface area contributed by atoms with E-state index in [1.54, 1.807) is 0 Å². The molecule has 1 aliphatic rings. The van der Waals surface area contributed by atoms with Crippen LogP contribution in [0.3, 0.4) is 0 Å². The summed E-state index contributed by atoms with van der Waals surface area (Å²) in [5.41, 5.74) is 3.59. The molecule has 0 radical (unpaired) electrons. The molecule has 0 amide bonds. The van der Waals surface area contributed by atoms with E-state index in [4.69, 9.17) is 5.11 Å². The van der Waals surface area contributed by atoms with Crippen LogP contribution in [0.15, 0.2) is 0 Å². The van der Waals surface area contributed by atoms with Gasteiger partial charge in [-0.3, -0.25) is 9.48 Å². The largest absolute Gasteiger partial charge is 0.481 e. The lowest BCUT2D eigenvalue weighted by Gasteiger charge is -2.26. The molecule has 112 valence electrons. The first-order valence-corrected chi connectivity index (χ1v) is 7.41. The summed E-state index contributed by atoms with van der Waals surface area (Å²) >= 11 is 0. The van der Waals surface area contributed by atoms with Crippen molar-refractivity contribution in [3.63, 3.8) is 0 Å². The Morgan fingerprint density at radius 3 is 2.50 bits per heavy atom. The van der Waals surface area contributed by atoms with Crippen LogP contribution in [0.4, 0.5) is 0 Å². The predicted octanol–water partition coefficient (Wildman–Crippen LogP) is 2.02. The second-order valence-electron chi connectivity index (χ2n) is 5.96. The number of aryl methyl sites for hydroxylation is 2. The summed E-state index contributed by atoms with van der Waals surface area (Å²) in [7, 11) is 1.97. The maximum absolute atomic E-state index is 10.9. The lowest BCUT2D eigenvalue weighted by Crippen LogP contribution is -2.28. The Morgan fingerprint density at radius 1 is 1.35 bits per heavy atom. The van der Waals surface area contributed by atoms with Crippen LogP contribution in [0, 0.1) is 25.7 Å². The third-order valence-electron chi connectivity index (χ3n) is 4.59. The maximum Gasteiger partial charge on any atom is 0.306 e. The molecule has 0 aliphatic heterocycles. The normalized spacial score (nSPS) is 22.9. The van der Waals surface area contributed by atoms with Crippen LogP contribution in [-0.4, -0.2) is 27.4 Å². The lowest BCUT2D eigenvalue weighted by atomic mass is 9.82. The third kappa shape index (κ3) is 3.39. The van der Waals surface area contributed by atoms with Gasteiger partial charge >= 0.3 is 5.97 Å². The van der Waals surface area contributed by atoms with Gasteiger partial charge in [0.2, 0.25) is 0 Å². The summed E-state index contributed by atoms with van der Waals surface area (Å²) in [5.74, 6) is -0.130. The quantitative estimate of drug-likeness (QED) is 0.865. The Hall–Kier alpha value is -1.36. The van der Waals surface area contributed by atoms with E-state index in [9.17, 15) is 4.79 Å². The van der Waals surface area contributed by atoms with Gasteiger partial charge in [-0.25, -0.2) is 0 Å². The average molecular weight is 279 g/mol. The summed E-state index contributed by atoms with van der Waals surface area (Å²) < 4.78 is 1.92. The van der Waals surface area contributed by atoms with E-state index in [1.807, 2.05) is 18.7 Å². The van der Waals surface area contributed by atoms with Crippen molar-refractivity contribution in [2.24, 2.45) is 18.9 Å². The fourth-order valence-electron chi connectivity index (χ4n) is 3.09. The van der Waals surface area contributed by atoms with Gasteiger partial charge < -0.3 is 10.4 Å². The van der Waals surface area contributed by atoms with Gasteiger partial charge in [0.1, 0.15) is 0 Å². The minimum absolute atomic E-state index is 0.117. The Morgan fingerprint density at radius 2 is 2.00 bits per heavy atom. The first-order chi connectivity index (χ1) is 9.49. The molecule has 0 unspecified atom stereocenters. The van der Waals surface area contributed by atoms with Crippen molar-refractivity contribution in [3.8, 4) is 0 Å². The molecule has 1 aromatic rings. The van der Waals surface area contributed by atoms with Crippen molar-refractivity contribution in [1.82, 2.24) is 15.1 Å². The zero-order chi connectivity index (χ0) is 14.7. The molecule has 0 spiro atoms. The van der Waals surface area contributed by atoms with Crippen molar-refractivity contribution in [2.45, 2.75) is 46.1 Å². The molecule has 5 heteroatoms. The number of nitrogens with one attached hydrogen (secondary N) is 1. The standard InChI is InChI=1S/C15H25N3O2/c1-10-14(11(2)18(3)17-10)9-16-8-12-4-6-13(7-5-12)15(19)20/h12-13,16H,4-9H2,1-3H3,(H,19,20). The van der Waals surface area contributed by atoms with Crippen LogP contribution in [0.25, 0.3) is 0 Å². The van der Waals surface area contributed by atoms with Gasteiger partial charge in [0.15, 0.2) is 0 Å². The van der Waals surface area contributed by atoms with Gasteiger partial charge in [-0.05, 0) is 52.0 Å². The Labute approximate surface area is 120 Å². The van der Waals surface area contributed by atoms with Crippen molar-refractivity contribution in [2.75, 3.05) is 6.54 Å². The van der Waals surface area contributed by atoms with Crippen LogP contribution in [-0.2, 0) is 18.4 Å². The average Bonchev–Trinajstić information content (AvgIpc) is 2.65. The second-order valence-corrected chi connectivity index (χ2v) is 5.96. The minimum Gasteiger partial charge on any atom is -0.481 e. The van der Waals surface area contributed by atoms with E-state index in [0.717, 1.165) is 44.5 Å². The zero-order valence-corrected chi connectivity index (χ0v) is 12.6. The van der Waals surface area contributed by atoms with Crippen molar-refractivity contribution < 1.29 is 9.90 Å². The number of carboxylic acid groups (broad SMARTS) is 1. The number of hydrogen-bond donors (Lipinski definition) is 2. The van der Waals surface area contributed by atoms with Gasteiger partial charge in [-0.1, -0.05) is 0 Å². The predicted molar refractivity (Wildman–Crippen MR) is 77.5 cm³/mol. The van der Waals surface area contributed by atoms with Gasteiger partial charge in [-0.2, -0.15) is 5.10 Å². The smallest absolute Gasteiger partial charge is 0.306 e. The van der Waals surface area contributed by atoms with Crippen LogP contribution < -0.4 is 5.32 Å². The fourth-order valence-corrected chi connectivity index (χ4v) is 3.09. The van der Waals surface area contributed by atoms with Gasteiger partial charge in [0, 0.05) is 24.8 Å². The molecule has 2 rings (SSSR count). The third-order valence-corrected chi connectivity index (χ3v) is 4.59. The lowest BCUT2D eigenvalue weighted by molar-refractivity contribution is -0.143. The highest BCUT2D eigenvalue weighted by atomic mass is 16.4. The second kappa shape index (κ2) is 6.39. The molecule has 1 aromatic heterocycles.